The van der Waals surface area contributed by atoms with E-state index in [9.17, 15) is 0 Å². The number of nitrogens with two attached hydrogens (primary N) is 1. The van der Waals surface area contributed by atoms with Crippen molar-refractivity contribution in [1.82, 2.24) is 10.4 Å². The van der Waals surface area contributed by atoms with Crippen LogP contribution in [0.3, 0.4) is 0 Å². The molecule has 0 aromatic carbocycles. The summed E-state index contributed by atoms with van der Waals surface area (Å²) in [7, 11) is 0. The van der Waals surface area contributed by atoms with Crippen molar-refractivity contribution in [2.75, 3.05) is 19.6 Å². The second-order valence-corrected chi connectivity index (χ2v) is 2.09. The molecule has 10 heavy (non-hydrogen) atoms. The van der Waals surface area contributed by atoms with Crippen LogP contribution in [-0.2, 0) is 0 Å². The molecule has 0 saturated carbocycles. The molecule has 0 spiro atoms. The molecule has 0 aliphatic rings. The van der Waals surface area contributed by atoms with Crippen molar-refractivity contribution >= 4 is 0 Å². The first-order valence-electron chi connectivity index (χ1n) is 3.84. The van der Waals surface area contributed by atoms with Crippen molar-refractivity contribution in [3.8, 4) is 0 Å². The Balaban J connectivity index is 3.09. The molecule has 0 unspecified atom stereocenters. The Morgan fingerprint density at radius 2 is 2.30 bits per heavy atom. The fourth-order valence-corrected chi connectivity index (χ4v) is 0.710. The molecule has 0 heterocycles. The smallest absolute Gasteiger partial charge is 0.0382 e. The molecule has 61 valence electrons. The Morgan fingerprint density at radius 3 is 2.70 bits per heavy atom. The Bertz CT molecular complexity index is 61.9. The maximum atomic E-state index is 5.33. The summed E-state index contributed by atoms with van der Waals surface area (Å²) in [6.45, 7) is 8.87. The van der Waals surface area contributed by atoms with Crippen LogP contribution >= 0.6 is 0 Å². The largest absolute Gasteiger partial charge is 0.330 e. The van der Waals surface area contributed by atoms with E-state index in [2.05, 4.69) is 17.4 Å². The van der Waals surface area contributed by atoms with E-state index in [4.69, 9.17) is 5.73 Å². The number of nitrogens with zero attached hydrogens (tertiary/aromatic N) is 1. The molecule has 0 amide bonds. The van der Waals surface area contributed by atoms with Crippen molar-refractivity contribution in [2.45, 2.75) is 20.3 Å². The first-order valence-corrected chi connectivity index (χ1v) is 3.84. The molecular weight excluding hydrogens is 126 g/mol. The minimum Gasteiger partial charge on any atom is -0.330 e. The summed E-state index contributed by atoms with van der Waals surface area (Å²) in [6.07, 6.45) is 1.03. The molecule has 3 nitrogen and oxygen atoms in total. The van der Waals surface area contributed by atoms with E-state index in [1.807, 2.05) is 13.5 Å². The highest BCUT2D eigenvalue weighted by atomic mass is 15.5. The quantitative estimate of drug-likeness (QED) is 0.417. The van der Waals surface area contributed by atoms with Crippen LogP contribution in [0.25, 0.3) is 0 Å². The highest BCUT2D eigenvalue weighted by molar-refractivity contribution is 4.55. The molecule has 3 heteroatoms. The van der Waals surface area contributed by atoms with Crippen LogP contribution in [0.15, 0.2) is 0 Å². The lowest BCUT2D eigenvalue weighted by Gasteiger charge is -2.18. The molecule has 0 bridgehead atoms. The predicted octanol–water partition coefficient (Wildman–Crippen LogP) is 0.343. The van der Waals surface area contributed by atoms with Gasteiger partial charge in [-0.3, -0.25) is 5.43 Å². The predicted molar refractivity (Wildman–Crippen MR) is 44.0 cm³/mol. The third kappa shape index (κ3) is 4.73. The van der Waals surface area contributed by atoms with Gasteiger partial charge in [0.15, 0.2) is 0 Å². The molecule has 0 aromatic heterocycles. The molecule has 0 atom stereocenters. The fraction of sp³-hybridized carbons (Fsp3) is 0.857. The standard InChI is InChI=1S/C7H18N3/c1-3-10(4-2)9-7-5-6-8/h3,9H,4-8H2,1-2H3. The Morgan fingerprint density at radius 1 is 1.60 bits per heavy atom. The number of nitrogens with one attached hydrogen (secondary N) is 1. The summed E-state index contributed by atoms with van der Waals surface area (Å²) >= 11 is 0. The number of hydrazine groups is 1. The van der Waals surface area contributed by atoms with Crippen LogP contribution in [0.1, 0.15) is 20.3 Å². The van der Waals surface area contributed by atoms with Crippen molar-refractivity contribution < 1.29 is 0 Å². The van der Waals surface area contributed by atoms with Gasteiger partial charge in [-0.1, -0.05) is 6.92 Å². The lowest BCUT2D eigenvalue weighted by Crippen LogP contribution is -2.36. The zero-order valence-electron chi connectivity index (χ0n) is 6.93. The molecule has 1 radical (unpaired) electrons. The van der Waals surface area contributed by atoms with Crippen molar-refractivity contribution in [2.24, 2.45) is 5.73 Å². The topological polar surface area (TPSA) is 41.3 Å². The minimum absolute atomic E-state index is 0.758. The SMILES string of the molecule is C[CH]N(CC)NCCCN. The van der Waals surface area contributed by atoms with Gasteiger partial charge in [-0.05, 0) is 19.9 Å². The van der Waals surface area contributed by atoms with E-state index in [1.54, 1.807) is 0 Å². The molecule has 0 saturated heterocycles. The van der Waals surface area contributed by atoms with E-state index in [0.29, 0.717) is 0 Å². The zero-order chi connectivity index (χ0) is 7.82. The van der Waals surface area contributed by atoms with Gasteiger partial charge in [0.2, 0.25) is 0 Å². The van der Waals surface area contributed by atoms with Gasteiger partial charge in [-0.15, -0.1) is 0 Å². The highest BCUT2D eigenvalue weighted by Crippen LogP contribution is 1.84. The molecule has 0 rings (SSSR count). The van der Waals surface area contributed by atoms with Gasteiger partial charge < -0.3 is 5.73 Å². The molecule has 0 aromatic rings. The van der Waals surface area contributed by atoms with Crippen LogP contribution in [-0.4, -0.2) is 24.6 Å². The summed E-state index contributed by atoms with van der Waals surface area (Å²) in [5, 5.41) is 2.05. The first-order chi connectivity index (χ1) is 4.85. The number of hydrogen-bond donors (Lipinski definition) is 2. The number of rotatable bonds is 6. The van der Waals surface area contributed by atoms with E-state index >= 15 is 0 Å². The van der Waals surface area contributed by atoms with Crippen LogP contribution < -0.4 is 11.2 Å². The summed E-state index contributed by atoms with van der Waals surface area (Å²) < 4.78 is 0. The second kappa shape index (κ2) is 6.99. The monoisotopic (exact) mass is 144 g/mol. The van der Waals surface area contributed by atoms with Crippen LogP contribution in [0.2, 0.25) is 0 Å². The van der Waals surface area contributed by atoms with Gasteiger partial charge in [-0.2, -0.15) is 0 Å². The van der Waals surface area contributed by atoms with Gasteiger partial charge in [-0.25, -0.2) is 5.01 Å². The van der Waals surface area contributed by atoms with Gasteiger partial charge >= 0.3 is 0 Å². The Kier molecular flexibility index (Phi) is 6.91. The Labute approximate surface area is 63.5 Å². The van der Waals surface area contributed by atoms with E-state index in [1.165, 1.54) is 0 Å². The van der Waals surface area contributed by atoms with Crippen LogP contribution in [0, 0.1) is 6.54 Å². The normalized spacial score (nSPS) is 10.8. The van der Waals surface area contributed by atoms with Gasteiger partial charge in [0.25, 0.3) is 0 Å². The molecular formula is C7H18N3. The van der Waals surface area contributed by atoms with Crippen molar-refractivity contribution in [3.05, 3.63) is 6.54 Å². The Hall–Kier alpha value is -0.120. The molecule has 0 aliphatic heterocycles. The molecule has 0 aliphatic carbocycles. The summed E-state index contributed by atoms with van der Waals surface area (Å²) in [5.74, 6) is 0. The van der Waals surface area contributed by atoms with E-state index in [0.717, 1.165) is 26.1 Å². The third-order valence-corrected chi connectivity index (χ3v) is 1.35. The summed E-state index contributed by atoms with van der Waals surface area (Å²) in [6, 6.07) is 0. The van der Waals surface area contributed by atoms with E-state index < -0.39 is 0 Å². The average molecular weight is 144 g/mol. The van der Waals surface area contributed by atoms with Gasteiger partial charge in [0.05, 0.1) is 0 Å². The maximum Gasteiger partial charge on any atom is 0.0382 e. The fourth-order valence-electron chi connectivity index (χ4n) is 0.710. The summed E-state index contributed by atoms with van der Waals surface area (Å²) in [5.41, 5.74) is 8.55. The van der Waals surface area contributed by atoms with Crippen LogP contribution in [0.4, 0.5) is 0 Å². The zero-order valence-corrected chi connectivity index (χ0v) is 6.93. The summed E-state index contributed by atoms with van der Waals surface area (Å²) in [4.78, 5) is 0. The van der Waals surface area contributed by atoms with Crippen LogP contribution in [0.5, 0.6) is 0 Å². The molecule has 3 N–H and O–H groups in total. The van der Waals surface area contributed by atoms with Gasteiger partial charge in [0.1, 0.15) is 0 Å². The minimum atomic E-state index is 0.758. The first kappa shape index (κ1) is 9.88. The second-order valence-electron chi connectivity index (χ2n) is 2.09. The average Bonchev–Trinajstić information content (AvgIpc) is 1.99. The lowest BCUT2D eigenvalue weighted by molar-refractivity contribution is 0.251. The number of hydrogen-bond acceptors (Lipinski definition) is 3. The molecule has 0 fully saturated rings. The van der Waals surface area contributed by atoms with Gasteiger partial charge in [0, 0.05) is 19.6 Å². The highest BCUT2D eigenvalue weighted by Gasteiger charge is 1.94. The third-order valence-electron chi connectivity index (χ3n) is 1.35. The van der Waals surface area contributed by atoms with Crippen molar-refractivity contribution in [1.29, 1.82) is 0 Å². The lowest BCUT2D eigenvalue weighted by atomic mass is 10.4. The van der Waals surface area contributed by atoms with Crippen molar-refractivity contribution in [3.63, 3.8) is 0 Å². The van der Waals surface area contributed by atoms with E-state index in [-0.39, 0.29) is 0 Å². The maximum absolute atomic E-state index is 5.33.